The lowest BCUT2D eigenvalue weighted by Gasteiger charge is -2.13. The highest BCUT2D eigenvalue weighted by Gasteiger charge is 2.08. The predicted molar refractivity (Wildman–Crippen MR) is 111 cm³/mol. The minimum absolute atomic E-state index is 0.472. The van der Waals surface area contributed by atoms with Gasteiger partial charge in [0.1, 0.15) is 18.6 Å². The van der Waals surface area contributed by atoms with E-state index in [1.165, 1.54) is 0 Å². The number of hydrogen-bond donors (Lipinski definition) is 2. The zero-order valence-electron chi connectivity index (χ0n) is 15.9. The van der Waals surface area contributed by atoms with Crippen LogP contribution in [0, 0.1) is 0 Å². The maximum atomic E-state index is 5.69. The Labute approximate surface area is 165 Å². The largest absolute Gasteiger partial charge is 0.489 e. The average Bonchev–Trinajstić information content (AvgIpc) is 3.23. The first kappa shape index (κ1) is 19.2. The Kier molecular flexibility index (Phi) is 6.84. The molecule has 0 spiro atoms. The highest BCUT2D eigenvalue weighted by atomic mass is 16.5. The van der Waals surface area contributed by atoms with E-state index < -0.39 is 0 Å². The average molecular weight is 376 g/mol. The van der Waals surface area contributed by atoms with Crippen LogP contribution in [-0.4, -0.2) is 24.6 Å². The van der Waals surface area contributed by atoms with Crippen molar-refractivity contribution in [3.63, 3.8) is 0 Å². The smallest absolute Gasteiger partial charge is 0.226 e. The molecule has 0 saturated carbocycles. The van der Waals surface area contributed by atoms with Crippen molar-refractivity contribution in [3.8, 4) is 17.2 Å². The summed E-state index contributed by atoms with van der Waals surface area (Å²) in [7, 11) is 1.73. The van der Waals surface area contributed by atoms with E-state index in [2.05, 4.69) is 27.2 Å². The monoisotopic (exact) mass is 376 g/mol. The number of oxazole rings is 1. The fourth-order valence-electron chi connectivity index (χ4n) is 2.61. The van der Waals surface area contributed by atoms with Crippen molar-refractivity contribution in [3.05, 3.63) is 84.8 Å². The van der Waals surface area contributed by atoms with Crippen LogP contribution >= 0.6 is 0 Å². The normalized spacial score (nSPS) is 11.1. The van der Waals surface area contributed by atoms with Crippen molar-refractivity contribution < 1.29 is 9.15 Å². The van der Waals surface area contributed by atoms with Gasteiger partial charge in [0.25, 0.3) is 0 Å². The Morgan fingerprint density at radius 2 is 1.86 bits per heavy atom. The van der Waals surface area contributed by atoms with Crippen LogP contribution in [0.15, 0.2) is 82.9 Å². The second-order valence-corrected chi connectivity index (χ2v) is 6.00. The van der Waals surface area contributed by atoms with E-state index in [1.54, 1.807) is 19.4 Å². The Morgan fingerprint density at radius 3 is 2.64 bits per heavy atom. The third kappa shape index (κ3) is 5.23. The summed E-state index contributed by atoms with van der Waals surface area (Å²) in [6.07, 6.45) is 3.38. The minimum atomic E-state index is 0.472. The molecule has 0 aliphatic rings. The molecule has 0 radical (unpaired) electrons. The van der Waals surface area contributed by atoms with Gasteiger partial charge in [0.05, 0.1) is 12.2 Å². The molecular weight excluding hydrogens is 352 g/mol. The lowest BCUT2D eigenvalue weighted by Crippen LogP contribution is -2.36. The fourth-order valence-corrected chi connectivity index (χ4v) is 2.61. The first-order valence-electron chi connectivity index (χ1n) is 9.06. The van der Waals surface area contributed by atoms with E-state index in [1.807, 2.05) is 54.6 Å². The van der Waals surface area contributed by atoms with Crippen LogP contribution in [-0.2, 0) is 13.1 Å². The van der Waals surface area contributed by atoms with Gasteiger partial charge in [-0.05, 0) is 18.2 Å². The number of ether oxygens (including phenoxy) is 1. The third-order valence-corrected chi connectivity index (χ3v) is 4.01. The molecule has 1 aromatic heterocycles. The number of nitrogens with zero attached hydrogens (tertiary/aromatic N) is 2. The van der Waals surface area contributed by atoms with E-state index in [9.17, 15) is 0 Å². The summed E-state index contributed by atoms with van der Waals surface area (Å²) in [5.41, 5.74) is 2.80. The quantitative estimate of drug-likeness (QED) is 0.356. The van der Waals surface area contributed by atoms with Gasteiger partial charge in [-0.1, -0.05) is 49.1 Å². The molecule has 0 unspecified atom stereocenters. The third-order valence-electron chi connectivity index (χ3n) is 4.01. The zero-order chi connectivity index (χ0) is 19.6. The van der Waals surface area contributed by atoms with Crippen molar-refractivity contribution in [2.75, 3.05) is 13.7 Å². The maximum absolute atomic E-state index is 5.69. The minimum Gasteiger partial charge on any atom is -0.489 e. The predicted octanol–water partition coefficient (Wildman–Crippen LogP) is 3.77. The summed E-state index contributed by atoms with van der Waals surface area (Å²) < 4.78 is 11.2. The zero-order valence-corrected chi connectivity index (χ0v) is 15.9. The Morgan fingerprint density at radius 1 is 1.11 bits per heavy atom. The molecule has 0 atom stereocenters. The highest BCUT2D eigenvalue weighted by molar-refractivity contribution is 5.79. The van der Waals surface area contributed by atoms with E-state index in [-0.39, 0.29) is 0 Å². The van der Waals surface area contributed by atoms with Gasteiger partial charge in [0.15, 0.2) is 5.96 Å². The summed E-state index contributed by atoms with van der Waals surface area (Å²) in [6, 6.07) is 17.7. The van der Waals surface area contributed by atoms with Crippen molar-refractivity contribution in [2.24, 2.45) is 4.99 Å². The highest BCUT2D eigenvalue weighted by Crippen LogP contribution is 2.18. The van der Waals surface area contributed by atoms with Crippen molar-refractivity contribution in [1.29, 1.82) is 0 Å². The van der Waals surface area contributed by atoms with Gasteiger partial charge >= 0.3 is 0 Å². The molecule has 0 aliphatic carbocycles. The van der Waals surface area contributed by atoms with Crippen LogP contribution in [0.5, 0.6) is 5.75 Å². The van der Waals surface area contributed by atoms with Crippen LogP contribution in [0.1, 0.15) is 11.3 Å². The number of aliphatic imine (C=N–C) groups is 1. The van der Waals surface area contributed by atoms with E-state index >= 15 is 0 Å². The fraction of sp³-hybridized carbons (Fsp3) is 0.182. The molecule has 2 N–H and O–H groups in total. The number of aromatic nitrogens is 1. The number of guanidine groups is 1. The lowest BCUT2D eigenvalue weighted by atomic mass is 10.2. The van der Waals surface area contributed by atoms with Gasteiger partial charge in [-0.2, -0.15) is 0 Å². The van der Waals surface area contributed by atoms with Gasteiger partial charge in [-0.25, -0.2) is 4.98 Å². The first-order valence-corrected chi connectivity index (χ1v) is 9.06. The summed E-state index contributed by atoms with van der Waals surface area (Å²) in [6.45, 7) is 5.24. The van der Waals surface area contributed by atoms with Crippen LogP contribution in [0.2, 0.25) is 0 Å². The lowest BCUT2D eigenvalue weighted by molar-refractivity contribution is 0.358. The Hall–Kier alpha value is -3.54. The molecule has 3 aromatic rings. The number of para-hydroxylation sites is 1. The number of benzene rings is 2. The molecule has 28 heavy (non-hydrogen) atoms. The van der Waals surface area contributed by atoms with Crippen LogP contribution < -0.4 is 15.4 Å². The van der Waals surface area contributed by atoms with Gasteiger partial charge in [0.2, 0.25) is 5.89 Å². The molecule has 0 saturated heterocycles. The molecule has 6 nitrogen and oxygen atoms in total. The molecule has 2 aromatic carbocycles. The van der Waals surface area contributed by atoms with Crippen molar-refractivity contribution >= 4 is 5.96 Å². The van der Waals surface area contributed by atoms with Crippen molar-refractivity contribution in [1.82, 2.24) is 15.6 Å². The number of rotatable bonds is 8. The van der Waals surface area contributed by atoms with E-state index in [0.29, 0.717) is 31.5 Å². The summed E-state index contributed by atoms with van der Waals surface area (Å²) in [5.74, 6) is 2.10. The first-order chi connectivity index (χ1) is 13.8. The summed E-state index contributed by atoms with van der Waals surface area (Å²) >= 11 is 0. The topological polar surface area (TPSA) is 71.7 Å². The van der Waals surface area contributed by atoms with Crippen LogP contribution in [0.4, 0.5) is 0 Å². The summed E-state index contributed by atoms with van der Waals surface area (Å²) in [4.78, 5) is 8.77. The van der Waals surface area contributed by atoms with E-state index in [0.717, 1.165) is 22.6 Å². The molecule has 0 amide bonds. The molecular formula is C22H24N4O2. The Bertz CT molecular complexity index is 919. The van der Waals surface area contributed by atoms with Gasteiger partial charge in [0, 0.05) is 24.7 Å². The van der Waals surface area contributed by atoms with E-state index in [4.69, 9.17) is 9.15 Å². The van der Waals surface area contributed by atoms with Gasteiger partial charge in [-0.3, -0.25) is 4.99 Å². The Balaban J connectivity index is 1.55. The molecule has 144 valence electrons. The van der Waals surface area contributed by atoms with Gasteiger partial charge < -0.3 is 19.8 Å². The molecule has 0 bridgehead atoms. The van der Waals surface area contributed by atoms with Crippen molar-refractivity contribution in [2.45, 2.75) is 13.1 Å². The summed E-state index contributed by atoms with van der Waals surface area (Å²) in [5, 5.41) is 6.53. The second-order valence-electron chi connectivity index (χ2n) is 6.00. The second kappa shape index (κ2) is 9.97. The molecule has 1 heterocycles. The number of hydrogen-bond acceptors (Lipinski definition) is 4. The SMILES string of the molecule is C=CCOc1ccccc1CNC(=NC)NCc1coc(-c2ccccc2)n1. The molecule has 0 fully saturated rings. The van der Waals surface area contributed by atoms with Gasteiger partial charge in [-0.15, -0.1) is 0 Å². The molecule has 0 aliphatic heterocycles. The van der Waals surface area contributed by atoms with Crippen LogP contribution in [0.3, 0.4) is 0 Å². The molecule has 3 rings (SSSR count). The standard InChI is InChI=1S/C22H24N4O2/c1-3-13-27-20-12-8-7-11-18(20)14-24-22(23-2)25-15-19-16-28-21(26-19)17-9-5-4-6-10-17/h3-12,16H,1,13-15H2,2H3,(H2,23,24,25). The maximum Gasteiger partial charge on any atom is 0.226 e. The van der Waals surface area contributed by atoms with Crippen LogP contribution in [0.25, 0.3) is 11.5 Å². The molecule has 6 heteroatoms. The number of nitrogens with one attached hydrogen (secondary N) is 2.